The van der Waals surface area contributed by atoms with Crippen molar-refractivity contribution in [3.05, 3.63) is 24.3 Å². The minimum Gasteiger partial charge on any atom is -0.748 e. The smallest absolute Gasteiger partial charge is 0.748 e. The summed E-state index contributed by atoms with van der Waals surface area (Å²) in [5, 5.41) is 3.02. The van der Waals surface area contributed by atoms with Crippen LogP contribution in [0.15, 0.2) is 24.3 Å². The number of nitrogens with zero attached hydrogens (tertiary/aromatic N) is 1. The van der Waals surface area contributed by atoms with Crippen LogP contribution < -0.4 is 39.8 Å². The van der Waals surface area contributed by atoms with Gasteiger partial charge >= 0.3 is 29.6 Å². The van der Waals surface area contributed by atoms with Crippen LogP contribution in [0.4, 0.5) is 11.4 Å². The quantitative estimate of drug-likeness (QED) is 0.487. The zero-order valence-electron chi connectivity index (χ0n) is 11.0. The van der Waals surface area contributed by atoms with Gasteiger partial charge in [-0.05, 0) is 30.7 Å². The molecule has 0 amide bonds. The summed E-state index contributed by atoms with van der Waals surface area (Å²) >= 11 is 0. The Balaban J connectivity index is 0.00000289. The van der Waals surface area contributed by atoms with Crippen LogP contribution in [-0.4, -0.2) is 39.4 Å². The summed E-state index contributed by atoms with van der Waals surface area (Å²) in [4.78, 5) is 1.92. The van der Waals surface area contributed by atoms with E-state index in [1.807, 2.05) is 43.3 Å². The molecular formula is C11H17N2NaO3S. The van der Waals surface area contributed by atoms with Crippen LogP contribution in [0.1, 0.15) is 6.42 Å². The van der Waals surface area contributed by atoms with E-state index < -0.39 is 10.1 Å². The van der Waals surface area contributed by atoms with Crippen LogP contribution in [-0.2, 0) is 10.1 Å². The first-order valence-corrected chi connectivity index (χ1v) is 6.92. The molecule has 1 rings (SSSR count). The first-order chi connectivity index (χ1) is 7.92. The van der Waals surface area contributed by atoms with Crippen molar-refractivity contribution in [2.75, 3.05) is 36.6 Å². The Hall–Kier alpha value is -0.270. The molecular weight excluding hydrogens is 263 g/mol. The molecule has 18 heavy (non-hydrogen) atoms. The van der Waals surface area contributed by atoms with Gasteiger partial charge in [-0.15, -0.1) is 0 Å². The molecule has 0 bridgehead atoms. The Kier molecular flexibility index (Phi) is 7.89. The number of hydrogen-bond donors (Lipinski definition) is 1. The molecule has 7 heteroatoms. The van der Waals surface area contributed by atoms with Crippen molar-refractivity contribution < 1.29 is 42.5 Å². The third-order valence-electron chi connectivity index (χ3n) is 2.48. The Morgan fingerprint density at radius 3 is 2.28 bits per heavy atom. The van der Waals surface area contributed by atoms with Gasteiger partial charge in [0.1, 0.15) is 0 Å². The van der Waals surface area contributed by atoms with Crippen molar-refractivity contribution >= 4 is 21.5 Å². The fourth-order valence-corrected chi connectivity index (χ4v) is 1.97. The molecule has 5 nitrogen and oxygen atoms in total. The van der Waals surface area contributed by atoms with E-state index in [1.165, 1.54) is 0 Å². The van der Waals surface area contributed by atoms with Gasteiger partial charge in [0.25, 0.3) is 0 Å². The number of nitrogens with one attached hydrogen (secondary N) is 1. The van der Waals surface area contributed by atoms with Crippen molar-refractivity contribution in [3.63, 3.8) is 0 Å². The molecule has 0 spiro atoms. The van der Waals surface area contributed by atoms with Gasteiger partial charge in [-0.1, -0.05) is 0 Å². The summed E-state index contributed by atoms with van der Waals surface area (Å²) in [6.07, 6.45) is 0.343. The summed E-state index contributed by atoms with van der Waals surface area (Å²) < 4.78 is 31.4. The third-order valence-corrected chi connectivity index (χ3v) is 3.27. The molecule has 0 heterocycles. The maximum atomic E-state index is 10.5. The molecule has 1 aromatic carbocycles. The fraction of sp³-hybridized carbons (Fsp3) is 0.455. The van der Waals surface area contributed by atoms with Gasteiger partial charge < -0.3 is 14.8 Å². The Labute approximate surface area is 131 Å². The molecule has 0 unspecified atom stereocenters. The first-order valence-electron chi connectivity index (χ1n) is 5.35. The van der Waals surface area contributed by atoms with Crippen LogP contribution in [0.5, 0.6) is 0 Å². The third kappa shape index (κ3) is 6.61. The second-order valence-corrected chi connectivity index (χ2v) is 5.36. The maximum Gasteiger partial charge on any atom is 1.00 e. The SMILES string of the molecule is CNc1ccc(N(C)CCCS(=O)(=O)[O-])cc1.[Na+]. The van der Waals surface area contributed by atoms with Crippen molar-refractivity contribution in [1.82, 2.24) is 0 Å². The van der Waals surface area contributed by atoms with Crippen LogP contribution in [0.3, 0.4) is 0 Å². The molecule has 1 N–H and O–H groups in total. The fourth-order valence-electron chi connectivity index (χ4n) is 1.49. The van der Waals surface area contributed by atoms with E-state index in [1.54, 1.807) is 0 Å². The van der Waals surface area contributed by atoms with E-state index in [9.17, 15) is 13.0 Å². The van der Waals surface area contributed by atoms with Crippen molar-refractivity contribution in [2.45, 2.75) is 6.42 Å². The van der Waals surface area contributed by atoms with Gasteiger partial charge in [0.05, 0.1) is 10.1 Å². The summed E-state index contributed by atoms with van der Waals surface area (Å²) in [6.45, 7) is 0.542. The van der Waals surface area contributed by atoms with E-state index in [4.69, 9.17) is 0 Å². The molecule has 0 aromatic heterocycles. The van der Waals surface area contributed by atoms with E-state index in [0.717, 1.165) is 11.4 Å². The molecule has 0 radical (unpaired) electrons. The molecule has 0 aliphatic rings. The minimum absolute atomic E-state index is 0. The number of anilines is 2. The van der Waals surface area contributed by atoms with Gasteiger partial charge in [-0.25, -0.2) is 8.42 Å². The van der Waals surface area contributed by atoms with Gasteiger partial charge in [-0.2, -0.15) is 0 Å². The van der Waals surface area contributed by atoms with Crippen LogP contribution in [0.25, 0.3) is 0 Å². The van der Waals surface area contributed by atoms with Crippen LogP contribution in [0.2, 0.25) is 0 Å². The Bertz CT molecular complexity index is 448. The van der Waals surface area contributed by atoms with E-state index in [2.05, 4.69) is 5.32 Å². The van der Waals surface area contributed by atoms with E-state index in [0.29, 0.717) is 13.0 Å². The predicted octanol–water partition coefficient (Wildman–Crippen LogP) is -1.90. The predicted molar refractivity (Wildman–Crippen MR) is 68.4 cm³/mol. The summed E-state index contributed by atoms with van der Waals surface area (Å²) in [5.41, 5.74) is 2.01. The van der Waals surface area contributed by atoms with E-state index >= 15 is 0 Å². The van der Waals surface area contributed by atoms with Crippen molar-refractivity contribution in [2.24, 2.45) is 0 Å². The molecule has 1 aromatic rings. The number of hydrogen-bond acceptors (Lipinski definition) is 5. The van der Waals surface area contributed by atoms with Crippen LogP contribution >= 0.6 is 0 Å². The number of benzene rings is 1. The minimum atomic E-state index is -4.10. The molecule has 0 atom stereocenters. The molecule has 0 fully saturated rings. The van der Waals surface area contributed by atoms with Crippen molar-refractivity contribution in [1.29, 1.82) is 0 Å². The van der Waals surface area contributed by atoms with Gasteiger partial charge in [0.2, 0.25) is 0 Å². The zero-order valence-corrected chi connectivity index (χ0v) is 13.8. The van der Waals surface area contributed by atoms with E-state index in [-0.39, 0.29) is 35.3 Å². The van der Waals surface area contributed by atoms with Crippen molar-refractivity contribution in [3.8, 4) is 0 Å². The van der Waals surface area contributed by atoms with Gasteiger partial charge in [0.15, 0.2) is 0 Å². The molecule has 0 saturated heterocycles. The molecule has 96 valence electrons. The molecule has 0 aliphatic heterocycles. The Morgan fingerprint density at radius 1 is 1.28 bits per heavy atom. The zero-order chi connectivity index (χ0) is 12.9. The second-order valence-electron chi connectivity index (χ2n) is 3.83. The first kappa shape index (κ1) is 17.7. The molecule has 0 saturated carbocycles. The Morgan fingerprint density at radius 2 is 1.83 bits per heavy atom. The standard InChI is InChI=1S/C11H18N2O3S.Na/c1-12-10-4-6-11(7-5-10)13(2)8-3-9-17(14,15)16;/h4-7,12H,3,8-9H2,1-2H3,(H,14,15,16);/q;+1/p-1. The average molecular weight is 280 g/mol. The summed E-state index contributed by atoms with van der Waals surface area (Å²) in [5.74, 6) is -0.314. The second kappa shape index (κ2) is 8.01. The topological polar surface area (TPSA) is 72.5 Å². The summed E-state index contributed by atoms with van der Waals surface area (Å²) in [6, 6.07) is 7.77. The van der Waals surface area contributed by atoms with Crippen LogP contribution in [0, 0.1) is 0 Å². The molecule has 0 aliphatic carbocycles. The monoisotopic (exact) mass is 280 g/mol. The summed E-state index contributed by atoms with van der Waals surface area (Å²) in [7, 11) is -0.387. The number of rotatable bonds is 6. The van der Waals surface area contributed by atoms with Gasteiger partial charge in [-0.3, -0.25) is 0 Å². The largest absolute Gasteiger partial charge is 1.00 e. The maximum absolute atomic E-state index is 10.5. The van der Waals surface area contributed by atoms with Gasteiger partial charge in [0, 0.05) is 37.8 Å². The normalized spacial score (nSPS) is 10.6. The average Bonchev–Trinajstić information content (AvgIpc) is 2.27.